The largest absolute Gasteiger partial charge is 0.481 e. The molecule has 0 aliphatic carbocycles. The van der Waals surface area contributed by atoms with Crippen LogP contribution < -0.4 is 0 Å². The van der Waals surface area contributed by atoms with E-state index in [1.165, 1.54) is 12.1 Å². The van der Waals surface area contributed by atoms with Crippen LogP contribution in [0.25, 0.3) is 0 Å². The number of benzene rings is 1. The first-order valence-corrected chi connectivity index (χ1v) is 6.01. The summed E-state index contributed by atoms with van der Waals surface area (Å²) in [5.41, 5.74) is -0.341. The lowest BCUT2D eigenvalue weighted by Gasteiger charge is -2.04. The third-order valence-corrected chi connectivity index (χ3v) is 3.81. The van der Waals surface area contributed by atoms with Crippen LogP contribution in [0.15, 0.2) is 17.0 Å². The van der Waals surface area contributed by atoms with Gasteiger partial charge in [-0.15, -0.1) is 16.9 Å². The van der Waals surface area contributed by atoms with Crippen molar-refractivity contribution in [3.8, 4) is 0 Å². The molecule has 5 nitrogen and oxygen atoms in total. The zero-order valence-electron chi connectivity index (χ0n) is 8.65. The van der Waals surface area contributed by atoms with Crippen LogP contribution in [0.2, 0.25) is 5.02 Å². The zero-order valence-corrected chi connectivity index (χ0v) is 10.2. The lowest BCUT2D eigenvalue weighted by molar-refractivity contribution is -0.133. The number of hydrogen-bond donors (Lipinski definition) is 1. The summed E-state index contributed by atoms with van der Waals surface area (Å²) in [6, 6.07) is 2.64. The van der Waals surface area contributed by atoms with Gasteiger partial charge < -0.3 is 5.11 Å². The van der Waals surface area contributed by atoms with Crippen LogP contribution >= 0.6 is 23.4 Å². The summed E-state index contributed by atoms with van der Waals surface area (Å²) in [7, 11) is 0. The number of halogens is 2. The number of amides is 2. The topological polar surface area (TPSA) is 74.7 Å². The molecule has 0 saturated heterocycles. The highest BCUT2D eigenvalue weighted by Crippen LogP contribution is 2.36. The van der Waals surface area contributed by atoms with Gasteiger partial charge in [-0.2, -0.15) is 0 Å². The first-order chi connectivity index (χ1) is 8.43. The van der Waals surface area contributed by atoms with Gasteiger partial charge in [0.2, 0.25) is 0 Å². The Morgan fingerprint density at radius 3 is 2.67 bits per heavy atom. The van der Waals surface area contributed by atoms with E-state index in [0.717, 1.165) is 11.8 Å². The maximum Gasteiger partial charge on any atom is 0.313 e. The Morgan fingerprint density at radius 2 is 2.06 bits per heavy atom. The van der Waals surface area contributed by atoms with Gasteiger partial charge in [-0.05, 0) is 12.1 Å². The summed E-state index contributed by atoms with van der Waals surface area (Å²) in [5, 5.41) is 7.93. The summed E-state index contributed by atoms with van der Waals surface area (Å²) < 4.78 is 13.1. The van der Waals surface area contributed by atoms with E-state index in [1.807, 2.05) is 0 Å². The molecule has 0 atom stereocenters. The summed E-state index contributed by atoms with van der Waals surface area (Å²) in [4.78, 5) is 33.5. The molecular weight excluding hydrogens is 285 g/mol. The molecule has 1 aliphatic rings. The summed E-state index contributed by atoms with van der Waals surface area (Å²) in [6.07, 6.45) is 0. The highest BCUT2D eigenvalue weighted by atomic mass is 35.5. The molecule has 8 heteroatoms. The van der Waals surface area contributed by atoms with Gasteiger partial charge in [0.25, 0.3) is 11.8 Å². The molecular formula is C10H5ClFNO4S. The van der Waals surface area contributed by atoms with Crippen LogP contribution in [0.3, 0.4) is 0 Å². The van der Waals surface area contributed by atoms with Gasteiger partial charge in [0, 0.05) is 4.90 Å². The molecule has 0 saturated carbocycles. The number of imide groups is 1. The van der Waals surface area contributed by atoms with E-state index in [9.17, 15) is 18.9 Å². The van der Waals surface area contributed by atoms with Gasteiger partial charge >= 0.3 is 5.97 Å². The first kappa shape index (κ1) is 12.8. The first-order valence-electron chi connectivity index (χ1n) is 4.65. The fourth-order valence-corrected chi connectivity index (χ4v) is 2.57. The Kier molecular flexibility index (Phi) is 3.27. The average Bonchev–Trinajstić information content (AvgIpc) is 2.54. The maximum absolute atomic E-state index is 13.1. The third-order valence-electron chi connectivity index (χ3n) is 2.26. The number of aliphatic carboxylic acids is 1. The Morgan fingerprint density at radius 1 is 1.39 bits per heavy atom. The highest BCUT2D eigenvalue weighted by molar-refractivity contribution is 8.00. The van der Waals surface area contributed by atoms with Crippen LogP contribution in [0.5, 0.6) is 0 Å². The minimum atomic E-state index is -1.13. The van der Waals surface area contributed by atoms with Crippen molar-refractivity contribution in [2.24, 2.45) is 0 Å². The monoisotopic (exact) mass is 289 g/mol. The summed E-state index contributed by atoms with van der Waals surface area (Å²) in [6.45, 7) is 0. The second-order valence-electron chi connectivity index (χ2n) is 3.37. The van der Waals surface area contributed by atoms with Crippen LogP contribution in [-0.4, -0.2) is 33.8 Å². The van der Waals surface area contributed by atoms with E-state index in [0.29, 0.717) is 4.90 Å². The molecule has 0 aromatic heterocycles. The summed E-state index contributed by atoms with van der Waals surface area (Å²) >= 11 is 6.77. The predicted octanol–water partition coefficient (Wildman–Crippen LogP) is 2.00. The lowest BCUT2D eigenvalue weighted by Crippen LogP contribution is -2.19. The van der Waals surface area contributed by atoms with Crippen molar-refractivity contribution in [2.75, 3.05) is 5.75 Å². The molecule has 0 fully saturated rings. The molecule has 0 bridgehead atoms. The van der Waals surface area contributed by atoms with E-state index < -0.39 is 22.9 Å². The lowest BCUT2D eigenvalue weighted by atomic mass is 10.1. The van der Waals surface area contributed by atoms with Gasteiger partial charge in [0.1, 0.15) is 0 Å². The number of carbonyl (C=O) groups is 3. The van der Waals surface area contributed by atoms with E-state index >= 15 is 0 Å². The Balaban J connectivity index is 2.43. The van der Waals surface area contributed by atoms with Gasteiger partial charge in [-0.1, -0.05) is 16.1 Å². The molecule has 1 aromatic rings. The standard InChI is InChI=1S/C10H5ClFNO4S/c11-8-5(18-3-6(14)15)2-1-4-7(8)10(17)13(12)9(4)16/h1-2H,3H2,(H,14,15). The van der Waals surface area contributed by atoms with Crippen LogP contribution in [0, 0.1) is 0 Å². The second-order valence-corrected chi connectivity index (χ2v) is 4.77. The molecule has 2 amide bonds. The van der Waals surface area contributed by atoms with E-state index in [2.05, 4.69) is 0 Å². The third kappa shape index (κ3) is 1.95. The normalized spacial score (nSPS) is 14.0. The maximum atomic E-state index is 13.1. The Hall–Kier alpha value is -1.60. The molecule has 1 aliphatic heterocycles. The number of carboxylic acids is 1. The molecule has 0 spiro atoms. The van der Waals surface area contributed by atoms with Gasteiger partial charge in [-0.25, -0.2) is 0 Å². The number of fused-ring (bicyclic) bond motifs is 1. The molecule has 0 unspecified atom stereocenters. The van der Waals surface area contributed by atoms with Gasteiger partial charge in [0.15, 0.2) is 0 Å². The second kappa shape index (κ2) is 4.58. The number of nitrogens with zero attached hydrogens (tertiary/aromatic N) is 1. The van der Waals surface area contributed by atoms with Crippen molar-refractivity contribution < 1.29 is 24.0 Å². The predicted molar refractivity (Wildman–Crippen MR) is 61.4 cm³/mol. The van der Waals surface area contributed by atoms with Crippen molar-refractivity contribution in [2.45, 2.75) is 4.90 Å². The number of thioether (sulfide) groups is 1. The number of rotatable bonds is 3. The average molecular weight is 290 g/mol. The van der Waals surface area contributed by atoms with Crippen molar-refractivity contribution in [3.63, 3.8) is 0 Å². The SMILES string of the molecule is O=C(O)CSc1ccc2c(c1Cl)C(=O)N(F)C2=O. The number of hydrogen-bond acceptors (Lipinski definition) is 4. The number of carboxylic acid groups (broad SMARTS) is 1. The fourth-order valence-electron chi connectivity index (χ4n) is 1.49. The smallest absolute Gasteiger partial charge is 0.313 e. The van der Waals surface area contributed by atoms with Crippen molar-refractivity contribution in [1.29, 1.82) is 0 Å². The van der Waals surface area contributed by atoms with Gasteiger partial charge in [0.05, 0.1) is 21.9 Å². The molecule has 18 heavy (non-hydrogen) atoms. The van der Waals surface area contributed by atoms with Crippen molar-refractivity contribution >= 4 is 41.1 Å². The van der Waals surface area contributed by atoms with E-state index in [4.69, 9.17) is 16.7 Å². The van der Waals surface area contributed by atoms with Crippen LogP contribution in [0.1, 0.15) is 20.7 Å². The van der Waals surface area contributed by atoms with E-state index in [-0.39, 0.29) is 21.9 Å². The van der Waals surface area contributed by atoms with Gasteiger partial charge in [-0.3, -0.25) is 14.4 Å². The minimum Gasteiger partial charge on any atom is -0.481 e. The fraction of sp³-hybridized carbons (Fsp3) is 0.100. The molecule has 1 heterocycles. The summed E-state index contributed by atoms with van der Waals surface area (Å²) in [5.74, 6) is -3.49. The van der Waals surface area contributed by atoms with Crippen molar-refractivity contribution in [1.82, 2.24) is 5.12 Å². The number of carbonyl (C=O) groups excluding carboxylic acids is 2. The highest BCUT2D eigenvalue weighted by Gasteiger charge is 2.39. The Labute approximate surface area is 109 Å². The molecule has 2 rings (SSSR count). The van der Waals surface area contributed by atoms with E-state index in [1.54, 1.807) is 0 Å². The van der Waals surface area contributed by atoms with Crippen LogP contribution in [0.4, 0.5) is 4.48 Å². The quantitative estimate of drug-likeness (QED) is 0.523. The molecule has 0 radical (unpaired) electrons. The zero-order chi connectivity index (χ0) is 13.4. The molecule has 94 valence electrons. The van der Waals surface area contributed by atoms with Crippen LogP contribution in [-0.2, 0) is 4.79 Å². The minimum absolute atomic E-state index is 0.0998. The Bertz CT molecular complexity index is 577. The molecule has 1 N–H and O–H groups in total. The molecule has 1 aromatic carbocycles. The van der Waals surface area contributed by atoms with Crippen molar-refractivity contribution in [3.05, 3.63) is 28.3 Å².